The summed E-state index contributed by atoms with van der Waals surface area (Å²) in [6.45, 7) is 2.42. The lowest BCUT2D eigenvalue weighted by molar-refractivity contribution is 0.0454. The SMILES string of the molecule is CN1C2CCCC1CC(NC1CCCNCC1)C2. The van der Waals surface area contributed by atoms with Crippen molar-refractivity contribution in [3.63, 3.8) is 0 Å². The summed E-state index contributed by atoms with van der Waals surface area (Å²) in [5, 5.41) is 7.49. The fourth-order valence-corrected chi connectivity index (χ4v) is 4.27. The lowest BCUT2D eigenvalue weighted by Gasteiger charge is -2.48. The molecule has 0 aromatic heterocycles. The van der Waals surface area contributed by atoms with E-state index in [0.717, 1.165) is 24.2 Å². The molecule has 3 atom stereocenters. The second-order valence-electron chi connectivity index (χ2n) is 6.62. The van der Waals surface area contributed by atoms with Crippen LogP contribution in [0.15, 0.2) is 0 Å². The highest BCUT2D eigenvalue weighted by atomic mass is 15.2. The molecule has 3 nitrogen and oxygen atoms in total. The van der Waals surface area contributed by atoms with E-state index in [1.165, 1.54) is 64.5 Å². The number of hydrogen-bond acceptors (Lipinski definition) is 3. The highest BCUT2D eigenvalue weighted by Gasteiger charge is 2.36. The van der Waals surface area contributed by atoms with Crippen molar-refractivity contribution in [3.8, 4) is 0 Å². The molecule has 3 aliphatic heterocycles. The minimum Gasteiger partial charge on any atom is -0.317 e. The molecule has 0 aromatic carbocycles. The lowest BCUT2D eigenvalue weighted by Crippen LogP contribution is -2.55. The second kappa shape index (κ2) is 5.89. The maximum atomic E-state index is 3.98. The molecular formula is C15H29N3. The van der Waals surface area contributed by atoms with Crippen molar-refractivity contribution in [1.29, 1.82) is 0 Å². The van der Waals surface area contributed by atoms with Crippen LogP contribution in [0.3, 0.4) is 0 Å². The van der Waals surface area contributed by atoms with Gasteiger partial charge in [-0.15, -0.1) is 0 Å². The largest absolute Gasteiger partial charge is 0.317 e. The maximum Gasteiger partial charge on any atom is 0.0110 e. The molecule has 3 rings (SSSR count). The molecule has 0 saturated carbocycles. The quantitative estimate of drug-likeness (QED) is 0.783. The van der Waals surface area contributed by atoms with E-state index < -0.39 is 0 Å². The summed E-state index contributed by atoms with van der Waals surface area (Å²) in [6, 6.07) is 3.28. The van der Waals surface area contributed by atoms with E-state index in [4.69, 9.17) is 0 Å². The fraction of sp³-hybridized carbons (Fsp3) is 1.00. The van der Waals surface area contributed by atoms with Crippen molar-refractivity contribution in [2.24, 2.45) is 0 Å². The standard InChI is InChI=1S/C15H29N3/c1-18-14-5-2-6-15(18)11-13(10-14)17-12-4-3-8-16-9-7-12/h12-17H,2-11H2,1H3. The number of nitrogens with one attached hydrogen (secondary N) is 2. The van der Waals surface area contributed by atoms with Crippen molar-refractivity contribution >= 4 is 0 Å². The molecular weight excluding hydrogens is 222 g/mol. The zero-order valence-electron chi connectivity index (χ0n) is 11.8. The molecule has 3 unspecified atom stereocenters. The molecule has 3 saturated heterocycles. The van der Waals surface area contributed by atoms with Gasteiger partial charge >= 0.3 is 0 Å². The first-order chi connectivity index (χ1) is 8.83. The zero-order chi connectivity index (χ0) is 12.4. The predicted octanol–water partition coefficient (Wildman–Crippen LogP) is 1.73. The van der Waals surface area contributed by atoms with Crippen LogP contribution in [0.5, 0.6) is 0 Å². The highest BCUT2D eigenvalue weighted by molar-refractivity contribution is 4.94. The number of hydrogen-bond donors (Lipinski definition) is 2. The smallest absolute Gasteiger partial charge is 0.0110 e. The van der Waals surface area contributed by atoms with E-state index in [-0.39, 0.29) is 0 Å². The summed E-state index contributed by atoms with van der Waals surface area (Å²) in [7, 11) is 2.35. The first kappa shape index (κ1) is 12.9. The Hall–Kier alpha value is -0.120. The molecule has 3 heterocycles. The average Bonchev–Trinajstić information content (AvgIpc) is 2.59. The lowest BCUT2D eigenvalue weighted by atomic mass is 9.82. The van der Waals surface area contributed by atoms with E-state index in [2.05, 4.69) is 22.6 Å². The van der Waals surface area contributed by atoms with E-state index in [0.29, 0.717) is 0 Å². The third-order valence-corrected chi connectivity index (χ3v) is 5.39. The molecule has 0 radical (unpaired) electrons. The maximum absolute atomic E-state index is 3.98. The van der Waals surface area contributed by atoms with Crippen LogP contribution in [0.2, 0.25) is 0 Å². The van der Waals surface area contributed by atoms with Gasteiger partial charge in [-0.2, -0.15) is 0 Å². The Morgan fingerprint density at radius 2 is 1.67 bits per heavy atom. The zero-order valence-corrected chi connectivity index (χ0v) is 11.8. The molecule has 104 valence electrons. The van der Waals surface area contributed by atoms with Crippen molar-refractivity contribution in [3.05, 3.63) is 0 Å². The van der Waals surface area contributed by atoms with Crippen molar-refractivity contribution in [1.82, 2.24) is 15.5 Å². The molecule has 0 aromatic rings. The summed E-state index contributed by atoms with van der Waals surface area (Å²) in [4.78, 5) is 2.66. The van der Waals surface area contributed by atoms with E-state index in [9.17, 15) is 0 Å². The predicted molar refractivity (Wildman–Crippen MR) is 75.9 cm³/mol. The molecule has 0 spiro atoms. The van der Waals surface area contributed by atoms with Crippen molar-refractivity contribution < 1.29 is 0 Å². The number of fused-ring (bicyclic) bond motifs is 2. The van der Waals surface area contributed by atoms with Gasteiger partial charge in [0, 0.05) is 24.2 Å². The van der Waals surface area contributed by atoms with Crippen LogP contribution in [0.25, 0.3) is 0 Å². The van der Waals surface area contributed by atoms with Crippen molar-refractivity contribution in [2.75, 3.05) is 20.1 Å². The summed E-state index contributed by atoms with van der Waals surface area (Å²) in [5.41, 5.74) is 0. The Kier molecular flexibility index (Phi) is 4.22. The monoisotopic (exact) mass is 251 g/mol. The molecule has 18 heavy (non-hydrogen) atoms. The normalized spacial score (nSPS) is 42.5. The Morgan fingerprint density at radius 1 is 0.889 bits per heavy atom. The summed E-state index contributed by atoms with van der Waals surface area (Å²) >= 11 is 0. The Bertz CT molecular complexity index is 246. The minimum atomic E-state index is 0.772. The van der Waals surface area contributed by atoms with Crippen LogP contribution < -0.4 is 10.6 Å². The van der Waals surface area contributed by atoms with Gasteiger partial charge in [-0.25, -0.2) is 0 Å². The number of piperidine rings is 2. The summed E-state index contributed by atoms with van der Waals surface area (Å²) < 4.78 is 0. The third kappa shape index (κ3) is 2.89. The van der Waals surface area contributed by atoms with Crippen LogP contribution in [0.4, 0.5) is 0 Å². The highest BCUT2D eigenvalue weighted by Crippen LogP contribution is 2.33. The summed E-state index contributed by atoms with van der Waals surface area (Å²) in [5.74, 6) is 0. The molecule has 3 fully saturated rings. The third-order valence-electron chi connectivity index (χ3n) is 5.39. The van der Waals surface area contributed by atoms with Crippen molar-refractivity contribution in [2.45, 2.75) is 75.5 Å². The van der Waals surface area contributed by atoms with Crippen LogP contribution in [0.1, 0.15) is 51.4 Å². The Labute approximate surface area is 112 Å². The van der Waals surface area contributed by atoms with Gasteiger partial charge in [-0.05, 0) is 65.1 Å². The van der Waals surface area contributed by atoms with Gasteiger partial charge in [0.15, 0.2) is 0 Å². The molecule has 3 heteroatoms. The van der Waals surface area contributed by atoms with Gasteiger partial charge < -0.3 is 15.5 Å². The minimum absolute atomic E-state index is 0.772. The Balaban J connectivity index is 1.54. The van der Waals surface area contributed by atoms with Gasteiger partial charge in [0.2, 0.25) is 0 Å². The van der Waals surface area contributed by atoms with Crippen LogP contribution >= 0.6 is 0 Å². The van der Waals surface area contributed by atoms with Crippen LogP contribution in [-0.2, 0) is 0 Å². The first-order valence-electron chi connectivity index (χ1n) is 8.01. The van der Waals surface area contributed by atoms with E-state index in [1.807, 2.05) is 0 Å². The average molecular weight is 251 g/mol. The van der Waals surface area contributed by atoms with Crippen LogP contribution in [-0.4, -0.2) is 49.2 Å². The first-order valence-corrected chi connectivity index (χ1v) is 8.01. The van der Waals surface area contributed by atoms with E-state index >= 15 is 0 Å². The van der Waals surface area contributed by atoms with Gasteiger partial charge in [0.25, 0.3) is 0 Å². The van der Waals surface area contributed by atoms with Gasteiger partial charge in [-0.3, -0.25) is 0 Å². The molecule has 0 amide bonds. The van der Waals surface area contributed by atoms with E-state index in [1.54, 1.807) is 0 Å². The van der Waals surface area contributed by atoms with Gasteiger partial charge in [-0.1, -0.05) is 6.42 Å². The molecule has 0 aliphatic carbocycles. The number of rotatable bonds is 2. The number of nitrogens with zero attached hydrogens (tertiary/aromatic N) is 1. The molecule has 2 bridgehead atoms. The molecule has 2 N–H and O–H groups in total. The topological polar surface area (TPSA) is 27.3 Å². The fourth-order valence-electron chi connectivity index (χ4n) is 4.27. The van der Waals surface area contributed by atoms with Gasteiger partial charge in [0.05, 0.1) is 0 Å². The second-order valence-corrected chi connectivity index (χ2v) is 6.62. The van der Waals surface area contributed by atoms with Crippen LogP contribution in [0, 0.1) is 0 Å². The molecule has 3 aliphatic rings. The summed E-state index contributed by atoms with van der Waals surface area (Å²) in [6.07, 6.45) is 11.1. The van der Waals surface area contributed by atoms with Gasteiger partial charge in [0.1, 0.15) is 0 Å². The Morgan fingerprint density at radius 3 is 2.44 bits per heavy atom.